The third kappa shape index (κ3) is 5.04. The summed E-state index contributed by atoms with van der Waals surface area (Å²) in [6.07, 6.45) is 6.42. The standard InChI is InChI=1S/C14H28N2O2S/c1-14(2)7-3-6-13(9-14)16-19(17,18)11-12-5-4-8-15-10-12/h12-13,15-16H,3-11H2,1-2H3. The number of sulfonamides is 1. The van der Waals surface area contributed by atoms with Crippen molar-refractivity contribution in [2.45, 2.75) is 58.4 Å². The normalized spacial score (nSPS) is 32.1. The van der Waals surface area contributed by atoms with Crippen molar-refractivity contribution in [2.24, 2.45) is 11.3 Å². The molecule has 2 aliphatic rings. The van der Waals surface area contributed by atoms with Gasteiger partial charge in [0.2, 0.25) is 10.0 Å². The van der Waals surface area contributed by atoms with Crippen LogP contribution in [0.15, 0.2) is 0 Å². The van der Waals surface area contributed by atoms with Crippen molar-refractivity contribution in [2.75, 3.05) is 18.8 Å². The molecular formula is C14H28N2O2S. The molecule has 2 atom stereocenters. The average Bonchev–Trinajstić information content (AvgIpc) is 2.27. The monoisotopic (exact) mass is 288 g/mol. The molecule has 19 heavy (non-hydrogen) atoms. The lowest BCUT2D eigenvalue weighted by Crippen LogP contribution is -2.44. The molecule has 1 saturated carbocycles. The van der Waals surface area contributed by atoms with Crippen LogP contribution in [0.3, 0.4) is 0 Å². The van der Waals surface area contributed by atoms with E-state index in [-0.39, 0.29) is 23.1 Å². The molecule has 0 aromatic rings. The zero-order chi connectivity index (χ0) is 13.9. The third-order valence-corrected chi connectivity index (χ3v) is 6.01. The van der Waals surface area contributed by atoms with E-state index in [1.165, 1.54) is 6.42 Å². The van der Waals surface area contributed by atoms with E-state index in [1.54, 1.807) is 0 Å². The van der Waals surface area contributed by atoms with Crippen molar-refractivity contribution >= 4 is 10.0 Å². The zero-order valence-corrected chi connectivity index (χ0v) is 13.1. The maximum Gasteiger partial charge on any atom is 0.212 e. The molecule has 1 saturated heterocycles. The molecule has 0 amide bonds. The predicted octanol–water partition coefficient (Wildman–Crippen LogP) is 1.87. The molecule has 2 unspecified atom stereocenters. The summed E-state index contributed by atoms with van der Waals surface area (Å²) >= 11 is 0. The molecule has 2 N–H and O–H groups in total. The van der Waals surface area contributed by atoms with Crippen molar-refractivity contribution in [3.05, 3.63) is 0 Å². The van der Waals surface area contributed by atoms with E-state index in [1.807, 2.05) is 0 Å². The molecule has 112 valence electrons. The first-order chi connectivity index (χ1) is 8.86. The average molecular weight is 288 g/mol. The molecule has 0 radical (unpaired) electrons. The number of rotatable bonds is 4. The van der Waals surface area contributed by atoms with Gasteiger partial charge in [0.15, 0.2) is 0 Å². The second-order valence-corrected chi connectivity index (χ2v) is 8.87. The van der Waals surface area contributed by atoms with Crippen molar-refractivity contribution in [3.8, 4) is 0 Å². The Bertz CT molecular complexity index is 386. The van der Waals surface area contributed by atoms with E-state index in [0.717, 1.165) is 45.2 Å². The maximum atomic E-state index is 12.2. The topological polar surface area (TPSA) is 58.2 Å². The summed E-state index contributed by atoms with van der Waals surface area (Å²) in [4.78, 5) is 0. The zero-order valence-electron chi connectivity index (χ0n) is 12.2. The second kappa shape index (κ2) is 6.10. The Labute approximate surface area is 117 Å². The number of hydrogen-bond acceptors (Lipinski definition) is 3. The molecule has 2 rings (SSSR count). The fourth-order valence-corrected chi connectivity index (χ4v) is 5.19. The van der Waals surface area contributed by atoms with Crippen LogP contribution < -0.4 is 10.0 Å². The molecule has 4 nitrogen and oxygen atoms in total. The van der Waals surface area contributed by atoms with Gasteiger partial charge in [-0.25, -0.2) is 13.1 Å². The van der Waals surface area contributed by atoms with Gasteiger partial charge >= 0.3 is 0 Å². The van der Waals surface area contributed by atoms with E-state index in [0.29, 0.717) is 0 Å². The second-order valence-electron chi connectivity index (χ2n) is 7.07. The first-order valence-electron chi connectivity index (χ1n) is 7.57. The van der Waals surface area contributed by atoms with E-state index in [4.69, 9.17) is 0 Å². The Morgan fingerprint density at radius 2 is 2.05 bits per heavy atom. The van der Waals surface area contributed by atoms with Gasteiger partial charge < -0.3 is 5.32 Å². The Hall–Kier alpha value is -0.130. The lowest BCUT2D eigenvalue weighted by Gasteiger charge is -2.35. The van der Waals surface area contributed by atoms with Crippen molar-refractivity contribution < 1.29 is 8.42 Å². The van der Waals surface area contributed by atoms with Gasteiger partial charge in [-0.2, -0.15) is 0 Å². The van der Waals surface area contributed by atoms with E-state index >= 15 is 0 Å². The minimum atomic E-state index is -3.12. The fraction of sp³-hybridized carbons (Fsp3) is 1.00. The lowest BCUT2D eigenvalue weighted by atomic mass is 9.75. The van der Waals surface area contributed by atoms with Crippen LogP contribution in [-0.4, -0.2) is 33.3 Å². The Kier molecular flexibility index (Phi) is 4.90. The highest BCUT2D eigenvalue weighted by Gasteiger charge is 2.31. The van der Waals surface area contributed by atoms with Crippen molar-refractivity contribution in [1.29, 1.82) is 0 Å². The van der Waals surface area contributed by atoms with Gasteiger partial charge in [0, 0.05) is 6.04 Å². The van der Waals surface area contributed by atoms with Crippen LogP contribution in [0, 0.1) is 11.3 Å². The highest BCUT2D eigenvalue weighted by molar-refractivity contribution is 7.89. The van der Waals surface area contributed by atoms with Crippen LogP contribution >= 0.6 is 0 Å². The maximum absolute atomic E-state index is 12.2. The Morgan fingerprint density at radius 3 is 2.68 bits per heavy atom. The highest BCUT2D eigenvalue weighted by Crippen LogP contribution is 2.35. The van der Waals surface area contributed by atoms with Gasteiger partial charge in [0.25, 0.3) is 0 Å². The molecule has 2 fully saturated rings. The van der Waals surface area contributed by atoms with Crippen LogP contribution in [0.1, 0.15) is 52.4 Å². The first-order valence-corrected chi connectivity index (χ1v) is 9.22. The number of piperidine rings is 1. The van der Waals surface area contributed by atoms with Gasteiger partial charge in [0.1, 0.15) is 0 Å². The SMILES string of the molecule is CC1(C)CCCC(NS(=O)(=O)CC2CCCNC2)C1. The van der Waals surface area contributed by atoms with E-state index in [2.05, 4.69) is 23.9 Å². The summed E-state index contributed by atoms with van der Waals surface area (Å²) in [5, 5.41) is 3.28. The highest BCUT2D eigenvalue weighted by atomic mass is 32.2. The summed E-state index contributed by atoms with van der Waals surface area (Å²) in [6.45, 7) is 6.34. The first kappa shape index (κ1) is 15.3. The van der Waals surface area contributed by atoms with Crippen LogP contribution in [0.4, 0.5) is 0 Å². The van der Waals surface area contributed by atoms with Gasteiger partial charge in [-0.1, -0.05) is 20.3 Å². The smallest absolute Gasteiger partial charge is 0.212 e. The molecule has 1 heterocycles. The quantitative estimate of drug-likeness (QED) is 0.830. The molecule has 1 aliphatic heterocycles. The molecule has 0 aromatic heterocycles. The number of hydrogen-bond donors (Lipinski definition) is 2. The fourth-order valence-electron chi connectivity index (χ4n) is 3.48. The minimum absolute atomic E-state index is 0.144. The summed E-state index contributed by atoms with van der Waals surface area (Å²) in [5.41, 5.74) is 0.276. The van der Waals surface area contributed by atoms with E-state index in [9.17, 15) is 8.42 Å². The molecule has 0 bridgehead atoms. The van der Waals surface area contributed by atoms with Crippen LogP contribution in [0.2, 0.25) is 0 Å². The van der Waals surface area contributed by atoms with Gasteiger partial charge in [-0.3, -0.25) is 0 Å². The van der Waals surface area contributed by atoms with Crippen LogP contribution in [0.25, 0.3) is 0 Å². The predicted molar refractivity (Wildman–Crippen MR) is 78.6 cm³/mol. The number of nitrogens with one attached hydrogen (secondary N) is 2. The molecular weight excluding hydrogens is 260 g/mol. The van der Waals surface area contributed by atoms with Gasteiger partial charge in [0.05, 0.1) is 5.75 Å². The van der Waals surface area contributed by atoms with Crippen LogP contribution in [0.5, 0.6) is 0 Å². The summed E-state index contributed by atoms with van der Waals surface area (Å²) in [5.74, 6) is 0.569. The van der Waals surface area contributed by atoms with Gasteiger partial charge in [-0.15, -0.1) is 0 Å². The molecule has 1 aliphatic carbocycles. The Balaban J connectivity index is 1.86. The summed E-state index contributed by atoms with van der Waals surface area (Å²) in [6, 6.07) is 0.144. The third-order valence-electron chi connectivity index (χ3n) is 4.41. The lowest BCUT2D eigenvalue weighted by molar-refractivity contribution is 0.212. The van der Waals surface area contributed by atoms with E-state index < -0.39 is 10.0 Å². The molecule has 0 aromatic carbocycles. The summed E-state index contributed by atoms with van der Waals surface area (Å²) in [7, 11) is -3.12. The Morgan fingerprint density at radius 1 is 1.26 bits per heavy atom. The largest absolute Gasteiger partial charge is 0.316 e. The van der Waals surface area contributed by atoms with Crippen molar-refractivity contribution in [3.63, 3.8) is 0 Å². The van der Waals surface area contributed by atoms with Gasteiger partial charge in [-0.05, 0) is 56.5 Å². The van der Waals surface area contributed by atoms with Crippen molar-refractivity contribution in [1.82, 2.24) is 10.0 Å². The molecule has 5 heteroatoms. The van der Waals surface area contributed by atoms with Crippen LogP contribution in [-0.2, 0) is 10.0 Å². The minimum Gasteiger partial charge on any atom is -0.316 e. The summed E-state index contributed by atoms with van der Waals surface area (Å²) < 4.78 is 27.4. The molecule has 0 spiro atoms.